The average molecular weight is 286 g/mol. The Hall–Kier alpha value is -2.14. The number of imidazole rings is 1. The lowest BCUT2D eigenvalue weighted by molar-refractivity contribution is 0.111. The van der Waals surface area contributed by atoms with Crippen LogP contribution in [0.15, 0.2) is 24.4 Å². The molecular formula is C15H14N2O2S. The molecule has 20 heavy (non-hydrogen) atoms. The maximum absolute atomic E-state index is 11.0. The van der Waals surface area contributed by atoms with E-state index in [-0.39, 0.29) is 5.75 Å². The molecule has 2 heterocycles. The van der Waals surface area contributed by atoms with Crippen LogP contribution < -0.4 is 0 Å². The zero-order valence-corrected chi connectivity index (χ0v) is 12.1. The van der Waals surface area contributed by atoms with Crippen molar-refractivity contribution in [2.24, 2.45) is 0 Å². The minimum absolute atomic E-state index is 0.284. The highest BCUT2D eigenvalue weighted by Crippen LogP contribution is 2.27. The number of phenols is 1. The molecule has 0 aliphatic carbocycles. The zero-order chi connectivity index (χ0) is 14.3. The average Bonchev–Trinajstić information content (AvgIpc) is 2.94. The Balaban J connectivity index is 2.04. The Bertz CT molecular complexity index is 802. The van der Waals surface area contributed by atoms with Crippen molar-refractivity contribution in [1.82, 2.24) is 9.38 Å². The van der Waals surface area contributed by atoms with Crippen LogP contribution in [-0.2, 0) is 6.42 Å². The number of aromatic hydroxyl groups is 1. The van der Waals surface area contributed by atoms with Gasteiger partial charge in [0, 0.05) is 17.0 Å². The van der Waals surface area contributed by atoms with E-state index < -0.39 is 0 Å². The lowest BCUT2D eigenvalue weighted by atomic mass is 10.0. The van der Waals surface area contributed by atoms with E-state index in [1.54, 1.807) is 29.7 Å². The second-order valence-corrected chi connectivity index (χ2v) is 5.88. The van der Waals surface area contributed by atoms with Gasteiger partial charge in [0.2, 0.25) is 0 Å². The van der Waals surface area contributed by atoms with Crippen LogP contribution in [0.2, 0.25) is 0 Å². The smallest absolute Gasteiger partial charge is 0.194 e. The number of fused-ring (bicyclic) bond motifs is 1. The molecule has 0 amide bonds. The molecule has 0 fully saturated rings. The van der Waals surface area contributed by atoms with Gasteiger partial charge in [0.05, 0.1) is 6.20 Å². The number of hydrogen-bond donors (Lipinski definition) is 1. The molecule has 2 aromatic heterocycles. The number of aldehydes is 1. The summed E-state index contributed by atoms with van der Waals surface area (Å²) in [7, 11) is 0. The molecule has 0 radical (unpaired) electrons. The van der Waals surface area contributed by atoms with Gasteiger partial charge in [-0.1, -0.05) is 6.07 Å². The summed E-state index contributed by atoms with van der Waals surface area (Å²) in [6.07, 6.45) is 3.21. The molecule has 3 rings (SSSR count). The largest absolute Gasteiger partial charge is 0.508 e. The maximum atomic E-state index is 11.0. The van der Waals surface area contributed by atoms with Crippen molar-refractivity contribution in [3.63, 3.8) is 0 Å². The number of phenolic OH excluding ortho intramolecular Hbond substituents is 1. The van der Waals surface area contributed by atoms with Crippen molar-refractivity contribution < 1.29 is 9.90 Å². The molecule has 102 valence electrons. The van der Waals surface area contributed by atoms with Gasteiger partial charge in [0.25, 0.3) is 0 Å². The molecular weight excluding hydrogens is 272 g/mol. The van der Waals surface area contributed by atoms with Gasteiger partial charge in [-0.15, -0.1) is 11.3 Å². The molecule has 0 aliphatic heterocycles. The summed E-state index contributed by atoms with van der Waals surface area (Å²) in [5, 5.41) is 9.46. The van der Waals surface area contributed by atoms with Crippen LogP contribution in [0.5, 0.6) is 5.75 Å². The van der Waals surface area contributed by atoms with E-state index in [0.29, 0.717) is 5.69 Å². The number of rotatable bonds is 3. The highest BCUT2D eigenvalue weighted by molar-refractivity contribution is 7.17. The molecule has 0 bridgehead atoms. The summed E-state index contributed by atoms with van der Waals surface area (Å²) in [4.78, 5) is 17.3. The fourth-order valence-electron chi connectivity index (χ4n) is 2.36. The van der Waals surface area contributed by atoms with E-state index in [4.69, 9.17) is 0 Å². The first-order valence-corrected chi connectivity index (χ1v) is 7.11. The van der Waals surface area contributed by atoms with Crippen LogP contribution in [0.25, 0.3) is 4.96 Å². The number of nitrogens with zero attached hydrogens (tertiary/aromatic N) is 2. The third-order valence-corrected chi connectivity index (χ3v) is 4.66. The first-order chi connectivity index (χ1) is 9.60. The van der Waals surface area contributed by atoms with Crippen molar-refractivity contribution >= 4 is 22.6 Å². The predicted octanol–water partition coefficient (Wildman–Crippen LogP) is 3.12. The van der Waals surface area contributed by atoms with Crippen LogP contribution in [0, 0.1) is 13.8 Å². The third kappa shape index (κ3) is 2.00. The van der Waals surface area contributed by atoms with E-state index in [1.165, 1.54) is 10.4 Å². The normalized spacial score (nSPS) is 11.1. The van der Waals surface area contributed by atoms with Crippen molar-refractivity contribution in [2.45, 2.75) is 20.3 Å². The lowest BCUT2D eigenvalue weighted by Crippen LogP contribution is -1.95. The van der Waals surface area contributed by atoms with Crippen molar-refractivity contribution in [1.29, 1.82) is 0 Å². The maximum Gasteiger partial charge on any atom is 0.194 e. The first-order valence-electron chi connectivity index (χ1n) is 6.29. The van der Waals surface area contributed by atoms with Crippen molar-refractivity contribution in [3.05, 3.63) is 51.8 Å². The van der Waals surface area contributed by atoms with Crippen molar-refractivity contribution in [2.75, 3.05) is 0 Å². The van der Waals surface area contributed by atoms with Crippen LogP contribution in [0.1, 0.15) is 32.2 Å². The van der Waals surface area contributed by atoms with E-state index in [2.05, 4.69) is 4.98 Å². The fraction of sp³-hybridized carbons (Fsp3) is 0.200. The molecule has 0 saturated heterocycles. The van der Waals surface area contributed by atoms with Gasteiger partial charge in [-0.3, -0.25) is 9.20 Å². The molecule has 0 aliphatic rings. The van der Waals surface area contributed by atoms with Gasteiger partial charge >= 0.3 is 0 Å². The van der Waals surface area contributed by atoms with Crippen LogP contribution in [-0.4, -0.2) is 20.8 Å². The number of benzene rings is 1. The van der Waals surface area contributed by atoms with Crippen LogP contribution in [0.3, 0.4) is 0 Å². The summed E-state index contributed by atoms with van der Waals surface area (Å²) in [5.41, 5.74) is 3.87. The van der Waals surface area contributed by atoms with Gasteiger partial charge in [0.1, 0.15) is 11.4 Å². The zero-order valence-electron chi connectivity index (χ0n) is 11.3. The molecule has 0 spiro atoms. The number of thiazole rings is 1. The summed E-state index contributed by atoms with van der Waals surface area (Å²) in [5.74, 6) is 0.284. The Morgan fingerprint density at radius 2 is 2.20 bits per heavy atom. The molecule has 0 atom stereocenters. The van der Waals surface area contributed by atoms with Crippen LogP contribution in [0.4, 0.5) is 0 Å². The van der Waals surface area contributed by atoms with Gasteiger partial charge in [-0.25, -0.2) is 4.98 Å². The molecule has 0 unspecified atom stereocenters. The van der Waals surface area contributed by atoms with E-state index >= 15 is 0 Å². The number of carbonyl (C=O) groups excluding carboxylic acids is 1. The van der Waals surface area contributed by atoms with Gasteiger partial charge in [-0.2, -0.15) is 0 Å². The number of aryl methyl sites for hydroxylation is 2. The fourth-order valence-corrected chi connectivity index (χ4v) is 3.49. The summed E-state index contributed by atoms with van der Waals surface area (Å²) < 4.78 is 1.89. The monoisotopic (exact) mass is 286 g/mol. The number of hydrogen-bond acceptors (Lipinski definition) is 4. The molecule has 1 N–H and O–H groups in total. The Morgan fingerprint density at radius 1 is 1.40 bits per heavy atom. The molecule has 3 aromatic rings. The quantitative estimate of drug-likeness (QED) is 0.753. The Morgan fingerprint density at radius 3 is 2.90 bits per heavy atom. The topological polar surface area (TPSA) is 54.6 Å². The first kappa shape index (κ1) is 12.9. The summed E-state index contributed by atoms with van der Waals surface area (Å²) >= 11 is 1.60. The number of aromatic nitrogens is 2. The minimum atomic E-state index is 0.284. The SMILES string of the molecule is Cc1cc(O)ccc1Cc1sc2ncc(C=O)n2c1C. The molecule has 5 heteroatoms. The highest BCUT2D eigenvalue weighted by atomic mass is 32.1. The van der Waals surface area contributed by atoms with Gasteiger partial charge < -0.3 is 5.11 Å². The standard InChI is InChI=1S/C15H14N2O2S/c1-9-5-13(19)4-3-11(9)6-14-10(2)17-12(8-18)7-16-15(17)20-14/h3-5,7-8,19H,6H2,1-2H3. The third-order valence-electron chi connectivity index (χ3n) is 3.51. The lowest BCUT2D eigenvalue weighted by Gasteiger charge is -2.05. The van der Waals surface area contributed by atoms with Crippen molar-refractivity contribution in [3.8, 4) is 5.75 Å². The van der Waals surface area contributed by atoms with E-state index in [9.17, 15) is 9.90 Å². The number of carbonyl (C=O) groups is 1. The highest BCUT2D eigenvalue weighted by Gasteiger charge is 2.14. The minimum Gasteiger partial charge on any atom is -0.508 e. The second-order valence-electron chi connectivity index (χ2n) is 4.82. The second kappa shape index (κ2) is 4.76. The van der Waals surface area contributed by atoms with E-state index in [0.717, 1.165) is 28.9 Å². The molecule has 1 aromatic carbocycles. The Labute approximate surface area is 120 Å². The predicted molar refractivity (Wildman–Crippen MR) is 78.8 cm³/mol. The van der Waals surface area contributed by atoms with Gasteiger partial charge in [-0.05, 0) is 37.1 Å². The summed E-state index contributed by atoms with van der Waals surface area (Å²) in [6, 6.07) is 5.40. The van der Waals surface area contributed by atoms with E-state index in [1.807, 2.05) is 24.3 Å². The summed E-state index contributed by atoms with van der Waals surface area (Å²) in [6.45, 7) is 3.99. The molecule has 4 nitrogen and oxygen atoms in total. The van der Waals surface area contributed by atoms with Crippen LogP contribution >= 0.6 is 11.3 Å². The Kier molecular flexibility index (Phi) is 3.06. The molecule has 0 saturated carbocycles. The van der Waals surface area contributed by atoms with Gasteiger partial charge in [0.15, 0.2) is 11.2 Å².